The summed E-state index contributed by atoms with van der Waals surface area (Å²) in [5.41, 5.74) is 3.74. The van der Waals surface area contributed by atoms with Crippen molar-refractivity contribution < 1.29 is 4.79 Å². The maximum atomic E-state index is 12.7. The summed E-state index contributed by atoms with van der Waals surface area (Å²) in [5.74, 6) is 0. The van der Waals surface area contributed by atoms with Crippen molar-refractivity contribution in [3.8, 4) is 5.69 Å². The Balaban J connectivity index is 1.75. The van der Waals surface area contributed by atoms with E-state index in [0.29, 0.717) is 13.1 Å². The quantitative estimate of drug-likeness (QED) is 0.673. The van der Waals surface area contributed by atoms with Crippen LogP contribution in [-0.4, -0.2) is 27.3 Å². The van der Waals surface area contributed by atoms with Crippen molar-refractivity contribution in [2.24, 2.45) is 0 Å². The first-order valence-electron chi connectivity index (χ1n) is 8.49. The fourth-order valence-corrected chi connectivity index (χ4v) is 2.74. The number of amides is 2. The lowest BCUT2D eigenvalue weighted by atomic mass is 10.2. The minimum Gasteiger partial charge on any atom is -0.316 e. The minimum absolute atomic E-state index is 0.164. The molecular formula is C21H22N4O. The molecule has 0 atom stereocenters. The molecule has 0 saturated carbocycles. The van der Waals surface area contributed by atoms with Gasteiger partial charge in [0.2, 0.25) is 0 Å². The van der Waals surface area contributed by atoms with Gasteiger partial charge in [-0.2, -0.15) is 5.10 Å². The van der Waals surface area contributed by atoms with Crippen LogP contribution in [0.5, 0.6) is 0 Å². The number of urea groups is 1. The van der Waals surface area contributed by atoms with Crippen LogP contribution in [-0.2, 0) is 6.54 Å². The summed E-state index contributed by atoms with van der Waals surface area (Å²) < 4.78 is 1.83. The Hall–Kier alpha value is -3.34. The zero-order chi connectivity index (χ0) is 18.4. The maximum absolute atomic E-state index is 12.7. The van der Waals surface area contributed by atoms with Gasteiger partial charge in [-0.25, -0.2) is 9.48 Å². The number of hydrogen-bond acceptors (Lipinski definition) is 2. The number of anilines is 1. The molecule has 132 valence electrons. The van der Waals surface area contributed by atoms with E-state index < -0.39 is 0 Å². The molecule has 0 unspecified atom stereocenters. The second-order valence-corrected chi connectivity index (χ2v) is 6.02. The van der Waals surface area contributed by atoms with Gasteiger partial charge in [-0.15, -0.1) is 6.58 Å². The predicted molar refractivity (Wildman–Crippen MR) is 104 cm³/mol. The van der Waals surface area contributed by atoms with E-state index in [4.69, 9.17) is 0 Å². The molecule has 0 aliphatic heterocycles. The predicted octanol–water partition coefficient (Wildman–Crippen LogP) is 4.40. The standard InChI is InChI=1S/C21H22N4O/c1-3-14-24(16-18-8-5-4-6-9-18)21(26)23-19-10-7-11-20(15-19)25-17(2)12-13-22-25/h3-13,15H,1,14,16H2,2H3,(H,23,26). The van der Waals surface area contributed by atoms with Gasteiger partial charge in [0.05, 0.1) is 5.69 Å². The molecule has 2 amide bonds. The average Bonchev–Trinajstić information content (AvgIpc) is 3.08. The monoisotopic (exact) mass is 346 g/mol. The van der Waals surface area contributed by atoms with Gasteiger partial charge in [0, 0.05) is 30.7 Å². The van der Waals surface area contributed by atoms with Crippen molar-refractivity contribution >= 4 is 11.7 Å². The maximum Gasteiger partial charge on any atom is 0.322 e. The molecule has 0 spiro atoms. The van der Waals surface area contributed by atoms with Crippen LogP contribution in [0.1, 0.15) is 11.3 Å². The van der Waals surface area contributed by atoms with Gasteiger partial charge in [0.15, 0.2) is 0 Å². The SMILES string of the molecule is C=CCN(Cc1ccccc1)C(=O)Nc1cccc(-n2nccc2C)c1. The van der Waals surface area contributed by atoms with Crippen LogP contribution in [0.25, 0.3) is 5.69 Å². The van der Waals surface area contributed by atoms with E-state index in [-0.39, 0.29) is 6.03 Å². The van der Waals surface area contributed by atoms with Crippen molar-refractivity contribution in [3.05, 3.63) is 90.8 Å². The van der Waals surface area contributed by atoms with E-state index in [2.05, 4.69) is 17.0 Å². The van der Waals surface area contributed by atoms with Crippen LogP contribution in [0.3, 0.4) is 0 Å². The topological polar surface area (TPSA) is 50.2 Å². The first-order valence-corrected chi connectivity index (χ1v) is 8.49. The molecule has 0 fully saturated rings. The minimum atomic E-state index is -0.164. The molecular weight excluding hydrogens is 324 g/mol. The number of aromatic nitrogens is 2. The van der Waals surface area contributed by atoms with Crippen LogP contribution in [0.2, 0.25) is 0 Å². The Labute approximate surface area is 153 Å². The van der Waals surface area contributed by atoms with Crippen LogP contribution < -0.4 is 5.32 Å². The van der Waals surface area contributed by atoms with Crippen LogP contribution in [0, 0.1) is 6.92 Å². The Morgan fingerprint density at radius 1 is 1.19 bits per heavy atom. The zero-order valence-electron chi connectivity index (χ0n) is 14.8. The van der Waals surface area contributed by atoms with Gasteiger partial charge >= 0.3 is 6.03 Å². The molecule has 2 aromatic carbocycles. The molecule has 1 aromatic heterocycles. The Bertz CT molecular complexity index is 886. The highest BCUT2D eigenvalue weighted by molar-refractivity contribution is 5.89. The van der Waals surface area contributed by atoms with E-state index in [1.165, 1.54) is 0 Å². The fourth-order valence-electron chi connectivity index (χ4n) is 2.74. The summed E-state index contributed by atoms with van der Waals surface area (Å²) in [6.45, 7) is 6.74. The number of benzene rings is 2. The molecule has 1 heterocycles. The van der Waals surface area contributed by atoms with Gasteiger partial charge in [-0.05, 0) is 36.8 Å². The first kappa shape index (κ1) is 17.5. The highest BCUT2D eigenvalue weighted by Gasteiger charge is 2.13. The van der Waals surface area contributed by atoms with Crippen molar-refractivity contribution in [1.82, 2.24) is 14.7 Å². The molecule has 26 heavy (non-hydrogen) atoms. The average molecular weight is 346 g/mol. The third-order valence-corrected chi connectivity index (χ3v) is 4.03. The number of carbonyl (C=O) groups excluding carboxylic acids is 1. The summed E-state index contributed by atoms with van der Waals surface area (Å²) in [6.07, 6.45) is 3.48. The third-order valence-electron chi connectivity index (χ3n) is 4.03. The Kier molecular flexibility index (Phi) is 5.49. The molecule has 0 aliphatic rings. The molecule has 3 rings (SSSR count). The summed E-state index contributed by atoms with van der Waals surface area (Å²) in [6, 6.07) is 19.3. The number of hydrogen-bond donors (Lipinski definition) is 1. The Morgan fingerprint density at radius 2 is 2.00 bits per heavy atom. The van der Waals surface area contributed by atoms with Crippen molar-refractivity contribution in [2.75, 3.05) is 11.9 Å². The summed E-state index contributed by atoms with van der Waals surface area (Å²) in [4.78, 5) is 14.4. The second-order valence-electron chi connectivity index (χ2n) is 6.02. The number of nitrogens with zero attached hydrogens (tertiary/aromatic N) is 3. The van der Waals surface area contributed by atoms with Crippen molar-refractivity contribution in [3.63, 3.8) is 0 Å². The van der Waals surface area contributed by atoms with Gasteiger partial charge in [-0.1, -0.05) is 42.5 Å². The van der Waals surface area contributed by atoms with Gasteiger partial charge in [0.1, 0.15) is 0 Å². The van der Waals surface area contributed by atoms with E-state index in [9.17, 15) is 4.79 Å². The van der Waals surface area contributed by atoms with Gasteiger partial charge in [0.25, 0.3) is 0 Å². The summed E-state index contributed by atoms with van der Waals surface area (Å²) >= 11 is 0. The van der Waals surface area contributed by atoms with E-state index in [1.54, 1.807) is 17.2 Å². The number of aryl methyl sites for hydroxylation is 1. The first-order chi connectivity index (χ1) is 12.7. The lowest BCUT2D eigenvalue weighted by Crippen LogP contribution is -2.34. The van der Waals surface area contributed by atoms with Crippen LogP contribution in [0.4, 0.5) is 10.5 Å². The van der Waals surface area contributed by atoms with Gasteiger partial charge < -0.3 is 10.2 Å². The van der Waals surface area contributed by atoms with Gasteiger partial charge in [-0.3, -0.25) is 0 Å². The lowest BCUT2D eigenvalue weighted by Gasteiger charge is -2.22. The summed E-state index contributed by atoms with van der Waals surface area (Å²) in [7, 11) is 0. The molecule has 5 heteroatoms. The molecule has 5 nitrogen and oxygen atoms in total. The van der Waals surface area contributed by atoms with Crippen LogP contribution >= 0.6 is 0 Å². The lowest BCUT2D eigenvalue weighted by molar-refractivity contribution is 0.215. The van der Waals surface area contributed by atoms with E-state index in [0.717, 1.165) is 22.6 Å². The summed E-state index contributed by atoms with van der Waals surface area (Å²) in [5, 5.41) is 7.27. The molecule has 0 saturated heterocycles. The zero-order valence-corrected chi connectivity index (χ0v) is 14.8. The molecule has 0 bridgehead atoms. The Morgan fingerprint density at radius 3 is 2.69 bits per heavy atom. The van der Waals surface area contributed by atoms with Crippen molar-refractivity contribution in [2.45, 2.75) is 13.5 Å². The third kappa shape index (κ3) is 4.19. The van der Waals surface area contributed by atoms with E-state index in [1.807, 2.05) is 72.3 Å². The molecule has 1 N–H and O–H groups in total. The fraction of sp³-hybridized carbons (Fsp3) is 0.143. The number of rotatable bonds is 6. The molecule has 0 radical (unpaired) electrons. The largest absolute Gasteiger partial charge is 0.322 e. The molecule has 3 aromatic rings. The normalized spacial score (nSPS) is 10.3. The second kappa shape index (κ2) is 8.16. The number of nitrogens with one attached hydrogen (secondary N) is 1. The number of carbonyl (C=O) groups is 1. The van der Waals surface area contributed by atoms with Crippen LogP contribution in [0.15, 0.2) is 79.5 Å². The highest BCUT2D eigenvalue weighted by Crippen LogP contribution is 2.17. The smallest absolute Gasteiger partial charge is 0.316 e. The van der Waals surface area contributed by atoms with Crippen molar-refractivity contribution in [1.29, 1.82) is 0 Å². The molecule has 0 aliphatic carbocycles. The highest BCUT2D eigenvalue weighted by atomic mass is 16.2. The van der Waals surface area contributed by atoms with E-state index >= 15 is 0 Å².